The molecular formula is C17H30N2O2. The van der Waals surface area contributed by atoms with Gasteiger partial charge >= 0.3 is 0 Å². The van der Waals surface area contributed by atoms with Crippen LogP contribution in [0.3, 0.4) is 0 Å². The zero-order valence-corrected chi connectivity index (χ0v) is 13.4. The van der Waals surface area contributed by atoms with Crippen LogP contribution in [0.4, 0.5) is 5.69 Å². The smallest absolute Gasteiger partial charge is 0.125 e. The largest absolute Gasteiger partial charge is 0.489 e. The van der Waals surface area contributed by atoms with Crippen molar-refractivity contribution in [3.05, 3.63) is 36.9 Å². The number of aliphatic hydroxyl groups is 1. The molecular weight excluding hydrogens is 264 g/mol. The van der Waals surface area contributed by atoms with E-state index >= 15 is 0 Å². The maximum atomic E-state index is 7.88. The molecule has 0 saturated heterocycles. The number of fused-ring (bicyclic) bond motifs is 1. The summed E-state index contributed by atoms with van der Waals surface area (Å²) in [5, 5.41) is 11.2. The van der Waals surface area contributed by atoms with Crippen molar-refractivity contribution in [1.82, 2.24) is 5.32 Å². The highest BCUT2D eigenvalue weighted by Crippen LogP contribution is 2.29. The SMILES string of the molecule is C=C.CCCO.CCNCC1CCc2ccc(N)cc2O1. The molecule has 1 heterocycles. The number of benzene rings is 1. The number of rotatable bonds is 4. The molecule has 0 aliphatic carbocycles. The molecule has 0 saturated carbocycles. The van der Waals surface area contributed by atoms with Crippen molar-refractivity contribution in [2.24, 2.45) is 0 Å². The van der Waals surface area contributed by atoms with Crippen LogP contribution < -0.4 is 15.8 Å². The zero-order valence-electron chi connectivity index (χ0n) is 13.4. The molecule has 4 nitrogen and oxygen atoms in total. The first-order chi connectivity index (χ1) is 10.2. The molecule has 2 rings (SSSR count). The van der Waals surface area contributed by atoms with Gasteiger partial charge in [-0.1, -0.05) is 19.9 Å². The fourth-order valence-electron chi connectivity index (χ4n) is 1.89. The first kappa shape index (κ1) is 19.5. The van der Waals surface area contributed by atoms with Crippen LogP contribution >= 0.6 is 0 Å². The van der Waals surface area contributed by atoms with E-state index in [-0.39, 0.29) is 0 Å². The molecule has 0 spiro atoms. The fraction of sp³-hybridized carbons (Fsp3) is 0.529. The Morgan fingerprint density at radius 1 is 1.38 bits per heavy atom. The van der Waals surface area contributed by atoms with Gasteiger partial charge in [0.2, 0.25) is 0 Å². The average Bonchev–Trinajstić information content (AvgIpc) is 2.54. The predicted octanol–water partition coefficient (Wildman–Crippen LogP) is 2.76. The third-order valence-electron chi connectivity index (χ3n) is 2.97. The third-order valence-corrected chi connectivity index (χ3v) is 2.97. The molecule has 0 fully saturated rings. The lowest BCUT2D eigenvalue weighted by molar-refractivity contribution is 0.171. The predicted molar refractivity (Wildman–Crippen MR) is 90.8 cm³/mol. The van der Waals surface area contributed by atoms with Gasteiger partial charge in [-0.25, -0.2) is 0 Å². The number of aryl methyl sites for hydroxylation is 1. The Bertz CT molecular complexity index is 381. The minimum atomic E-state index is 0.291. The van der Waals surface area contributed by atoms with Crippen LogP contribution in [0.25, 0.3) is 0 Å². The van der Waals surface area contributed by atoms with Gasteiger partial charge in [0, 0.05) is 24.9 Å². The van der Waals surface area contributed by atoms with Crippen molar-refractivity contribution in [1.29, 1.82) is 0 Å². The number of likely N-dealkylation sites (N-methyl/N-ethyl adjacent to an activating group) is 1. The normalized spacial score (nSPS) is 15.5. The van der Waals surface area contributed by atoms with Gasteiger partial charge in [-0.05, 0) is 37.4 Å². The minimum Gasteiger partial charge on any atom is -0.489 e. The number of nitrogen functional groups attached to an aromatic ring is 1. The highest BCUT2D eigenvalue weighted by atomic mass is 16.5. The zero-order chi connectivity index (χ0) is 16.1. The van der Waals surface area contributed by atoms with Gasteiger partial charge in [-0.3, -0.25) is 0 Å². The summed E-state index contributed by atoms with van der Waals surface area (Å²) >= 11 is 0. The number of hydrogen-bond donors (Lipinski definition) is 3. The minimum absolute atomic E-state index is 0.291. The molecule has 0 bridgehead atoms. The molecule has 1 aromatic rings. The van der Waals surface area contributed by atoms with E-state index in [1.807, 2.05) is 19.1 Å². The lowest BCUT2D eigenvalue weighted by Gasteiger charge is -2.26. The summed E-state index contributed by atoms with van der Waals surface area (Å²) in [6.07, 6.45) is 3.34. The second kappa shape index (κ2) is 12.2. The van der Waals surface area contributed by atoms with Crippen LogP contribution in [0.5, 0.6) is 5.75 Å². The van der Waals surface area contributed by atoms with E-state index in [0.717, 1.165) is 43.8 Å². The molecule has 0 aromatic heterocycles. The first-order valence-electron chi connectivity index (χ1n) is 7.57. The maximum Gasteiger partial charge on any atom is 0.125 e. The Hall–Kier alpha value is -1.52. The fourth-order valence-corrected chi connectivity index (χ4v) is 1.89. The van der Waals surface area contributed by atoms with Crippen molar-refractivity contribution in [2.45, 2.75) is 39.2 Å². The summed E-state index contributed by atoms with van der Waals surface area (Å²) in [5.41, 5.74) is 7.78. The van der Waals surface area contributed by atoms with Gasteiger partial charge in [0.05, 0.1) is 0 Å². The summed E-state index contributed by atoms with van der Waals surface area (Å²) < 4.78 is 5.87. The van der Waals surface area contributed by atoms with Crippen LogP contribution in [0, 0.1) is 0 Å². The number of aliphatic hydroxyl groups excluding tert-OH is 1. The van der Waals surface area contributed by atoms with E-state index in [0.29, 0.717) is 12.7 Å². The van der Waals surface area contributed by atoms with Crippen molar-refractivity contribution >= 4 is 5.69 Å². The van der Waals surface area contributed by atoms with Crippen LogP contribution in [0.1, 0.15) is 32.3 Å². The standard InChI is InChI=1S/C12H18N2O.C3H8O.C2H4/c1-2-14-8-11-6-4-9-3-5-10(13)7-12(9)15-11;1-2-3-4;1-2/h3,5,7,11,14H,2,4,6,8,13H2,1H3;4H,2-3H2,1H3;1-2H2. The number of nitrogens with two attached hydrogens (primary N) is 1. The van der Waals surface area contributed by atoms with E-state index in [1.165, 1.54) is 5.56 Å². The molecule has 4 N–H and O–H groups in total. The number of anilines is 1. The van der Waals surface area contributed by atoms with Crippen molar-refractivity contribution in [2.75, 3.05) is 25.4 Å². The van der Waals surface area contributed by atoms with Crippen molar-refractivity contribution in [3.8, 4) is 5.75 Å². The van der Waals surface area contributed by atoms with Gasteiger partial charge in [0.15, 0.2) is 0 Å². The van der Waals surface area contributed by atoms with Crippen LogP contribution in [-0.4, -0.2) is 30.9 Å². The van der Waals surface area contributed by atoms with Gasteiger partial charge in [-0.15, -0.1) is 13.2 Å². The molecule has 120 valence electrons. The molecule has 1 aliphatic heterocycles. The molecule has 0 radical (unpaired) electrons. The monoisotopic (exact) mass is 294 g/mol. The Balaban J connectivity index is 0.000000579. The first-order valence-corrected chi connectivity index (χ1v) is 7.57. The number of ether oxygens (including phenoxy) is 1. The van der Waals surface area contributed by atoms with Crippen molar-refractivity contribution in [3.63, 3.8) is 0 Å². The molecule has 1 aromatic carbocycles. The topological polar surface area (TPSA) is 67.5 Å². The molecule has 21 heavy (non-hydrogen) atoms. The molecule has 1 aliphatic rings. The lowest BCUT2D eigenvalue weighted by atomic mass is 10.0. The van der Waals surface area contributed by atoms with Gasteiger partial charge in [0.1, 0.15) is 11.9 Å². The van der Waals surface area contributed by atoms with Gasteiger partial charge in [-0.2, -0.15) is 0 Å². The van der Waals surface area contributed by atoms with Crippen LogP contribution in [0.2, 0.25) is 0 Å². The lowest BCUT2D eigenvalue weighted by Crippen LogP contribution is -2.34. The summed E-state index contributed by atoms with van der Waals surface area (Å²) in [7, 11) is 0. The molecule has 1 unspecified atom stereocenters. The van der Waals surface area contributed by atoms with Crippen LogP contribution in [-0.2, 0) is 6.42 Å². The average molecular weight is 294 g/mol. The van der Waals surface area contributed by atoms with E-state index in [2.05, 4.69) is 31.5 Å². The third kappa shape index (κ3) is 7.73. The van der Waals surface area contributed by atoms with Gasteiger partial charge in [0.25, 0.3) is 0 Å². The Kier molecular flexibility index (Phi) is 11.4. The molecule has 0 amide bonds. The summed E-state index contributed by atoms with van der Waals surface area (Å²) in [5.74, 6) is 0.962. The highest BCUT2D eigenvalue weighted by molar-refractivity contribution is 5.49. The van der Waals surface area contributed by atoms with Gasteiger partial charge < -0.3 is 20.9 Å². The van der Waals surface area contributed by atoms with E-state index in [4.69, 9.17) is 15.6 Å². The van der Waals surface area contributed by atoms with Crippen molar-refractivity contribution < 1.29 is 9.84 Å². The second-order valence-corrected chi connectivity index (χ2v) is 4.68. The second-order valence-electron chi connectivity index (χ2n) is 4.68. The van der Waals surface area contributed by atoms with Crippen LogP contribution in [0.15, 0.2) is 31.4 Å². The van der Waals surface area contributed by atoms with E-state index < -0.39 is 0 Å². The quantitative estimate of drug-likeness (QED) is 0.590. The maximum absolute atomic E-state index is 7.88. The highest BCUT2D eigenvalue weighted by Gasteiger charge is 2.18. The summed E-state index contributed by atoms with van der Waals surface area (Å²) in [6, 6.07) is 5.92. The van der Waals surface area contributed by atoms with E-state index in [1.54, 1.807) is 0 Å². The Labute approximate surface area is 129 Å². The Morgan fingerprint density at radius 2 is 2.05 bits per heavy atom. The number of hydrogen-bond acceptors (Lipinski definition) is 4. The molecule has 1 atom stereocenters. The Morgan fingerprint density at radius 3 is 2.62 bits per heavy atom. The van der Waals surface area contributed by atoms with E-state index in [9.17, 15) is 0 Å². The summed E-state index contributed by atoms with van der Waals surface area (Å²) in [6.45, 7) is 12.3. The summed E-state index contributed by atoms with van der Waals surface area (Å²) in [4.78, 5) is 0. The number of nitrogens with one attached hydrogen (secondary N) is 1. The molecule has 4 heteroatoms.